The van der Waals surface area contributed by atoms with E-state index in [0.29, 0.717) is 5.56 Å². The number of carbonyl (C=O) groups is 2. The lowest BCUT2D eigenvalue weighted by atomic mass is 9.63. The predicted molar refractivity (Wildman–Crippen MR) is 81.6 cm³/mol. The Morgan fingerprint density at radius 2 is 1.65 bits per heavy atom. The number of phenolic OH excluding ortho intramolecular Hbond substituents is 2. The highest BCUT2D eigenvalue weighted by molar-refractivity contribution is 6.06. The maximum Gasteiger partial charge on any atom is 0.254 e. The molecule has 3 aliphatic carbocycles. The summed E-state index contributed by atoms with van der Waals surface area (Å²) in [6, 6.07) is 4.05. The Kier molecular flexibility index (Phi) is 3.01. The summed E-state index contributed by atoms with van der Waals surface area (Å²) in [5.41, 5.74) is 0.333. The van der Waals surface area contributed by atoms with Crippen LogP contribution in [0.3, 0.4) is 0 Å². The molecule has 1 saturated carbocycles. The second-order valence-corrected chi connectivity index (χ2v) is 6.32. The number of hydrazone groups is 1. The van der Waals surface area contributed by atoms with Crippen molar-refractivity contribution in [2.75, 3.05) is 0 Å². The first-order chi connectivity index (χ1) is 11.1. The number of imide groups is 1. The number of fused-ring (bicyclic) bond motifs is 1. The fourth-order valence-electron chi connectivity index (χ4n) is 3.93. The highest BCUT2D eigenvalue weighted by Gasteiger charge is 2.56. The third kappa shape index (κ3) is 2.05. The van der Waals surface area contributed by atoms with Crippen LogP contribution in [0, 0.1) is 23.7 Å². The van der Waals surface area contributed by atoms with Crippen molar-refractivity contribution in [3.8, 4) is 11.5 Å². The molecular formula is C17H16N2O4. The molecule has 6 heteroatoms. The predicted octanol–water partition coefficient (Wildman–Crippen LogP) is 1.63. The molecule has 2 bridgehead atoms. The maximum atomic E-state index is 12.6. The van der Waals surface area contributed by atoms with Crippen LogP contribution in [0.5, 0.6) is 11.5 Å². The van der Waals surface area contributed by atoms with E-state index in [0.717, 1.165) is 17.9 Å². The zero-order chi connectivity index (χ0) is 16.1. The number of hydrogen-bond donors (Lipinski definition) is 2. The first kappa shape index (κ1) is 14.0. The molecule has 23 heavy (non-hydrogen) atoms. The molecule has 1 heterocycles. The van der Waals surface area contributed by atoms with Gasteiger partial charge in [0.1, 0.15) is 11.5 Å². The van der Waals surface area contributed by atoms with Gasteiger partial charge in [0, 0.05) is 11.6 Å². The Morgan fingerprint density at radius 1 is 1.04 bits per heavy atom. The summed E-state index contributed by atoms with van der Waals surface area (Å²) in [6.07, 6.45) is 7.27. The van der Waals surface area contributed by atoms with Gasteiger partial charge in [0.15, 0.2) is 0 Å². The summed E-state index contributed by atoms with van der Waals surface area (Å²) in [5, 5.41) is 24.0. The van der Waals surface area contributed by atoms with E-state index in [1.54, 1.807) is 0 Å². The number of carbonyl (C=O) groups excluding carboxylic acids is 2. The third-order valence-corrected chi connectivity index (χ3v) is 5.06. The summed E-state index contributed by atoms with van der Waals surface area (Å²) in [6.45, 7) is 0. The molecule has 0 aromatic heterocycles. The number of nitrogens with zero attached hydrogens (tertiary/aromatic N) is 2. The van der Waals surface area contributed by atoms with E-state index in [4.69, 9.17) is 0 Å². The summed E-state index contributed by atoms with van der Waals surface area (Å²) in [4.78, 5) is 25.1. The van der Waals surface area contributed by atoms with Gasteiger partial charge < -0.3 is 10.2 Å². The van der Waals surface area contributed by atoms with Crippen molar-refractivity contribution in [2.24, 2.45) is 28.8 Å². The van der Waals surface area contributed by atoms with Crippen molar-refractivity contribution in [3.05, 3.63) is 35.9 Å². The molecule has 0 unspecified atom stereocenters. The first-order valence-electron chi connectivity index (χ1n) is 7.68. The quantitative estimate of drug-likeness (QED) is 0.493. The highest BCUT2D eigenvalue weighted by Crippen LogP contribution is 2.49. The molecule has 6 nitrogen and oxygen atoms in total. The monoisotopic (exact) mass is 312 g/mol. The third-order valence-electron chi connectivity index (χ3n) is 5.06. The van der Waals surface area contributed by atoms with Gasteiger partial charge in [0.25, 0.3) is 11.8 Å². The van der Waals surface area contributed by atoms with Crippen molar-refractivity contribution in [1.29, 1.82) is 0 Å². The number of rotatable bonds is 2. The molecule has 0 spiro atoms. The van der Waals surface area contributed by atoms with Crippen LogP contribution < -0.4 is 0 Å². The minimum Gasteiger partial charge on any atom is -0.508 e. The van der Waals surface area contributed by atoms with E-state index in [2.05, 4.69) is 17.3 Å². The van der Waals surface area contributed by atoms with Gasteiger partial charge in [-0.25, -0.2) is 0 Å². The van der Waals surface area contributed by atoms with E-state index in [1.165, 1.54) is 24.4 Å². The van der Waals surface area contributed by atoms with E-state index in [-0.39, 0.29) is 47.0 Å². The second-order valence-electron chi connectivity index (χ2n) is 6.32. The van der Waals surface area contributed by atoms with E-state index in [1.807, 2.05) is 0 Å². The Bertz CT molecular complexity index is 723. The van der Waals surface area contributed by atoms with Crippen molar-refractivity contribution < 1.29 is 19.8 Å². The molecule has 4 aliphatic rings. The Morgan fingerprint density at radius 3 is 2.17 bits per heavy atom. The summed E-state index contributed by atoms with van der Waals surface area (Å²) < 4.78 is 0. The van der Waals surface area contributed by atoms with Crippen molar-refractivity contribution in [2.45, 2.75) is 12.8 Å². The van der Waals surface area contributed by atoms with Crippen LogP contribution in [-0.2, 0) is 9.59 Å². The summed E-state index contributed by atoms with van der Waals surface area (Å²) >= 11 is 0. The molecule has 1 aromatic carbocycles. The lowest BCUT2D eigenvalue weighted by Gasteiger charge is -2.37. The van der Waals surface area contributed by atoms with Crippen molar-refractivity contribution in [1.82, 2.24) is 5.01 Å². The standard InChI is InChI=1S/C17H16N2O4/c20-12-6-5-11(13(21)7-12)8-18-19-16(22)14-9-1-2-10(4-3-9)15(14)17(19)23/h1-2,5-10,14-15,20-21H,3-4H2/b18-8+/t9-,10+,14-,15-/m0/s1. The molecule has 2 fully saturated rings. The van der Waals surface area contributed by atoms with E-state index < -0.39 is 0 Å². The minimum absolute atomic E-state index is 0.0679. The van der Waals surface area contributed by atoms with Crippen molar-refractivity contribution >= 4 is 18.0 Å². The topological polar surface area (TPSA) is 90.2 Å². The zero-order valence-electron chi connectivity index (χ0n) is 12.3. The molecule has 1 aliphatic heterocycles. The fourth-order valence-corrected chi connectivity index (χ4v) is 3.93. The summed E-state index contributed by atoms with van der Waals surface area (Å²) in [7, 11) is 0. The van der Waals surface area contributed by atoms with Gasteiger partial charge in [-0.05, 0) is 36.8 Å². The van der Waals surface area contributed by atoms with E-state index >= 15 is 0 Å². The average molecular weight is 312 g/mol. The minimum atomic E-state index is -0.295. The molecular weight excluding hydrogens is 296 g/mol. The SMILES string of the molecule is O=C1[C@@H]2[C@@H](C(=O)N1/N=C/c1ccc(O)cc1O)[C@H]1C=C[C@@H]2CC1. The molecule has 2 N–H and O–H groups in total. The van der Waals surface area contributed by atoms with Gasteiger partial charge in [-0.2, -0.15) is 10.1 Å². The number of allylic oxidation sites excluding steroid dienone is 2. The van der Waals surface area contributed by atoms with Crippen molar-refractivity contribution in [3.63, 3.8) is 0 Å². The lowest BCUT2D eigenvalue weighted by Crippen LogP contribution is -2.38. The van der Waals surface area contributed by atoms with Crippen LogP contribution in [-0.4, -0.2) is 33.3 Å². The largest absolute Gasteiger partial charge is 0.508 e. The first-order valence-corrected chi connectivity index (χ1v) is 7.68. The average Bonchev–Trinajstić information content (AvgIpc) is 2.82. The Balaban J connectivity index is 1.62. The van der Waals surface area contributed by atoms with Gasteiger partial charge in [-0.15, -0.1) is 0 Å². The molecule has 4 atom stereocenters. The highest BCUT2D eigenvalue weighted by atomic mass is 16.3. The van der Waals surface area contributed by atoms with Crippen LogP contribution in [0.15, 0.2) is 35.5 Å². The molecule has 1 aromatic rings. The Hall–Kier alpha value is -2.63. The normalized spacial score (nSPS) is 32.1. The fraction of sp³-hybridized carbons (Fsp3) is 0.353. The molecule has 5 rings (SSSR count). The van der Waals surface area contributed by atoms with Crippen LogP contribution in [0.4, 0.5) is 0 Å². The number of hydrogen-bond acceptors (Lipinski definition) is 5. The molecule has 2 amide bonds. The van der Waals surface area contributed by atoms with Crippen LogP contribution in [0.1, 0.15) is 18.4 Å². The van der Waals surface area contributed by atoms with E-state index in [9.17, 15) is 19.8 Å². The smallest absolute Gasteiger partial charge is 0.254 e. The van der Waals surface area contributed by atoms with Gasteiger partial charge in [0.05, 0.1) is 18.1 Å². The molecule has 0 radical (unpaired) electrons. The van der Waals surface area contributed by atoms with Gasteiger partial charge >= 0.3 is 0 Å². The Labute approximate surface area is 132 Å². The lowest BCUT2D eigenvalue weighted by molar-refractivity contribution is -0.140. The number of phenols is 2. The number of benzene rings is 1. The van der Waals surface area contributed by atoms with Crippen LogP contribution in [0.2, 0.25) is 0 Å². The van der Waals surface area contributed by atoms with Gasteiger partial charge in [-0.3, -0.25) is 9.59 Å². The number of amides is 2. The number of aromatic hydroxyl groups is 2. The van der Waals surface area contributed by atoms with Gasteiger partial charge in [-0.1, -0.05) is 12.2 Å². The summed E-state index contributed by atoms with van der Waals surface area (Å²) in [5.74, 6) is -1.07. The molecule has 1 saturated heterocycles. The zero-order valence-corrected chi connectivity index (χ0v) is 12.3. The molecule has 118 valence electrons. The van der Waals surface area contributed by atoms with Crippen LogP contribution >= 0.6 is 0 Å². The second kappa shape index (κ2) is 4.94. The van der Waals surface area contributed by atoms with Crippen LogP contribution in [0.25, 0.3) is 0 Å². The van der Waals surface area contributed by atoms with Gasteiger partial charge in [0.2, 0.25) is 0 Å². The maximum absolute atomic E-state index is 12.6.